The fourth-order valence-corrected chi connectivity index (χ4v) is 1.65. The number of carboxylic acids is 1. The van der Waals surface area contributed by atoms with E-state index in [2.05, 4.69) is 5.32 Å². The molecule has 2 N–H and O–H groups in total. The first kappa shape index (κ1) is 13.5. The van der Waals surface area contributed by atoms with Crippen molar-refractivity contribution >= 4 is 23.5 Å². The van der Waals surface area contributed by atoms with E-state index in [0.717, 1.165) is 5.56 Å². The summed E-state index contributed by atoms with van der Waals surface area (Å²) in [6.45, 7) is 1.71. The fourth-order valence-electron chi connectivity index (χ4n) is 1.52. The van der Waals surface area contributed by atoms with Gasteiger partial charge in [-0.3, -0.25) is 9.59 Å². The average molecular weight is 256 g/mol. The molecule has 0 aromatic heterocycles. The molecule has 1 aromatic rings. The van der Waals surface area contributed by atoms with Crippen LogP contribution in [0, 0.1) is 0 Å². The molecule has 5 heteroatoms. The first-order chi connectivity index (χ1) is 7.99. The molecule has 17 heavy (non-hydrogen) atoms. The van der Waals surface area contributed by atoms with Gasteiger partial charge in [0.25, 0.3) is 0 Å². The number of benzene rings is 1. The smallest absolute Gasteiger partial charge is 0.304 e. The van der Waals surface area contributed by atoms with E-state index < -0.39 is 5.97 Å². The molecule has 0 aliphatic carbocycles. The van der Waals surface area contributed by atoms with Gasteiger partial charge in [0.2, 0.25) is 5.91 Å². The summed E-state index contributed by atoms with van der Waals surface area (Å²) in [6.07, 6.45) is -0.0259. The Kier molecular flexibility index (Phi) is 4.97. The predicted octanol–water partition coefficient (Wildman–Crippen LogP) is 2.03. The van der Waals surface area contributed by atoms with Gasteiger partial charge >= 0.3 is 5.97 Å². The third-order valence-electron chi connectivity index (χ3n) is 2.36. The van der Waals surface area contributed by atoms with Crippen LogP contribution in [-0.4, -0.2) is 23.5 Å². The predicted molar refractivity (Wildman–Crippen MR) is 65.1 cm³/mol. The summed E-state index contributed by atoms with van der Waals surface area (Å²) in [4.78, 5) is 21.6. The minimum atomic E-state index is -0.893. The lowest BCUT2D eigenvalue weighted by atomic mass is 9.96. The Morgan fingerprint density at radius 2 is 1.94 bits per heavy atom. The van der Waals surface area contributed by atoms with Gasteiger partial charge in [0.1, 0.15) is 0 Å². The highest BCUT2D eigenvalue weighted by Gasteiger charge is 2.15. The molecular formula is C12H14ClNO3. The topological polar surface area (TPSA) is 66.4 Å². The zero-order valence-electron chi connectivity index (χ0n) is 9.44. The van der Waals surface area contributed by atoms with Crippen molar-refractivity contribution in [1.29, 1.82) is 0 Å². The van der Waals surface area contributed by atoms with Gasteiger partial charge in [-0.1, -0.05) is 23.7 Å². The van der Waals surface area contributed by atoms with Gasteiger partial charge in [0, 0.05) is 24.4 Å². The largest absolute Gasteiger partial charge is 0.481 e. The lowest BCUT2D eigenvalue weighted by Crippen LogP contribution is -2.27. The Bertz CT molecular complexity index is 403. The van der Waals surface area contributed by atoms with Crippen molar-refractivity contribution < 1.29 is 14.7 Å². The van der Waals surface area contributed by atoms with E-state index in [4.69, 9.17) is 16.7 Å². The highest BCUT2D eigenvalue weighted by atomic mass is 35.5. The number of nitrogens with one attached hydrogen (secondary N) is 1. The molecular weight excluding hydrogens is 242 g/mol. The Morgan fingerprint density at radius 3 is 2.41 bits per heavy atom. The van der Waals surface area contributed by atoms with Gasteiger partial charge in [-0.05, 0) is 17.7 Å². The molecule has 0 heterocycles. The van der Waals surface area contributed by atoms with Gasteiger partial charge in [-0.25, -0.2) is 0 Å². The summed E-state index contributed by atoms with van der Waals surface area (Å²) in [5.74, 6) is -1.31. The molecule has 4 nitrogen and oxygen atoms in total. The van der Waals surface area contributed by atoms with Crippen LogP contribution in [0.5, 0.6) is 0 Å². The number of rotatable bonds is 5. The number of halogens is 1. The molecule has 0 bridgehead atoms. The van der Waals surface area contributed by atoms with Crippen LogP contribution in [0.2, 0.25) is 5.02 Å². The number of amides is 1. The molecule has 0 radical (unpaired) electrons. The van der Waals surface area contributed by atoms with Crippen molar-refractivity contribution in [3.8, 4) is 0 Å². The summed E-state index contributed by atoms with van der Waals surface area (Å²) in [7, 11) is 0. The quantitative estimate of drug-likeness (QED) is 0.846. The van der Waals surface area contributed by atoms with E-state index >= 15 is 0 Å². The number of carboxylic acid groups (broad SMARTS) is 1. The van der Waals surface area contributed by atoms with Crippen molar-refractivity contribution in [2.75, 3.05) is 6.54 Å². The van der Waals surface area contributed by atoms with Crippen LogP contribution in [-0.2, 0) is 9.59 Å². The normalized spacial score (nSPS) is 11.9. The van der Waals surface area contributed by atoms with Crippen molar-refractivity contribution in [1.82, 2.24) is 5.32 Å². The maximum Gasteiger partial charge on any atom is 0.304 e. The molecule has 1 atom stereocenters. The van der Waals surface area contributed by atoms with Gasteiger partial charge in [-0.15, -0.1) is 0 Å². The number of carbonyl (C=O) groups excluding carboxylic acids is 1. The second-order valence-corrected chi connectivity index (χ2v) is 4.22. The van der Waals surface area contributed by atoms with Crippen LogP contribution >= 0.6 is 11.6 Å². The van der Waals surface area contributed by atoms with Crippen LogP contribution in [0.3, 0.4) is 0 Å². The Morgan fingerprint density at radius 1 is 1.35 bits per heavy atom. The highest BCUT2D eigenvalue weighted by molar-refractivity contribution is 6.30. The van der Waals surface area contributed by atoms with Crippen LogP contribution in [0.4, 0.5) is 0 Å². The van der Waals surface area contributed by atoms with Crippen molar-refractivity contribution in [3.05, 3.63) is 34.9 Å². The number of aliphatic carboxylic acids is 1. The van der Waals surface area contributed by atoms with Crippen molar-refractivity contribution in [3.63, 3.8) is 0 Å². The Hall–Kier alpha value is -1.55. The molecule has 0 saturated carbocycles. The van der Waals surface area contributed by atoms with Gasteiger partial charge in [0.15, 0.2) is 0 Å². The van der Waals surface area contributed by atoms with E-state index in [1.807, 2.05) is 0 Å². The number of carbonyl (C=O) groups is 2. The standard InChI is InChI=1S/C12H14ClNO3/c1-8(15)14-7-10(6-12(16)17)9-2-4-11(13)5-3-9/h2-5,10H,6-7H2,1H3,(H,14,15)(H,16,17). The Balaban J connectivity index is 2.77. The van der Waals surface area contributed by atoms with Crippen LogP contribution in [0.15, 0.2) is 24.3 Å². The molecule has 1 unspecified atom stereocenters. The summed E-state index contributed by atoms with van der Waals surface area (Å²) < 4.78 is 0. The molecule has 0 saturated heterocycles. The maximum atomic E-state index is 10.8. The molecule has 0 fully saturated rings. The highest BCUT2D eigenvalue weighted by Crippen LogP contribution is 2.21. The summed E-state index contributed by atoms with van der Waals surface area (Å²) in [5.41, 5.74) is 0.852. The third-order valence-corrected chi connectivity index (χ3v) is 2.61. The van der Waals surface area contributed by atoms with Gasteiger partial charge < -0.3 is 10.4 Å². The molecule has 92 valence electrons. The van der Waals surface area contributed by atoms with Crippen molar-refractivity contribution in [2.45, 2.75) is 19.3 Å². The maximum absolute atomic E-state index is 10.8. The molecule has 0 aliphatic rings. The number of hydrogen-bond acceptors (Lipinski definition) is 2. The van der Waals surface area contributed by atoms with Crippen LogP contribution in [0.25, 0.3) is 0 Å². The van der Waals surface area contributed by atoms with E-state index in [-0.39, 0.29) is 18.2 Å². The SMILES string of the molecule is CC(=O)NCC(CC(=O)O)c1ccc(Cl)cc1. The molecule has 0 aliphatic heterocycles. The first-order valence-corrected chi connectivity index (χ1v) is 5.58. The first-order valence-electron chi connectivity index (χ1n) is 5.20. The second-order valence-electron chi connectivity index (χ2n) is 3.78. The average Bonchev–Trinajstić information content (AvgIpc) is 2.25. The minimum absolute atomic E-state index is 0.0259. The molecule has 1 rings (SSSR count). The summed E-state index contributed by atoms with van der Waals surface area (Å²) in [5, 5.41) is 12.1. The van der Waals surface area contributed by atoms with Crippen molar-refractivity contribution in [2.24, 2.45) is 0 Å². The monoisotopic (exact) mass is 255 g/mol. The molecule has 1 amide bonds. The fraction of sp³-hybridized carbons (Fsp3) is 0.333. The third kappa shape index (κ3) is 4.87. The zero-order valence-corrected chi connectivity index (χ0v) is 10.2. The lowest BCUT2D eigenvalue weighted by Gasteiger charge is -2.15. The molecule has 1 aromatic carbocycles. The minimum Gasteiger partial charge on any atom is -0.481 e. The van der Waals surface area contributed by atoms with E-state index in [9.17, 15) is 9.59 Å². The second kappa shape index (κ2) is 6.25. The van der Waals surface area contributed by atoms with E-state index in [1.54, 1.807) is 24.3 Å². The molecule has 0 spiro atoms. The summed E-state index contributed by atoms with van der Waals surface area (Å²) in [6, 6.07) is 6.97. The Labute approximate surface area is 105 Å². The number of hydrogen-bond donors (Lipinski definition) is 2. The zero-order chi connectivity index (χ0) is 12.8. The summed E-state index contributed by atoms with van der Waals surface area (Å²) >= 11 is 5.76. The van der Waals surface area contributed by atoms with E-state index in [1.165, 1.54) is 6.92 Å². The van der Waals surface area contributed by atoms with Crippen LogP contribution in [0.1, 0.15) is 24.8 Å². The van der Waals surface area contributed by atoms with E-state index in [0.29, 0.717) is 11.6 Å². The lowest BCUT2D eigenvalue weighted by molar-refractivity contribution is -0.137. The van der Waals surface area contributed by atoms with Crippen LogP contribution < -0.4 is 5.32 Å². The van der Waals surface area contributed by atoms with Gasteiger partial charge in [0.05, 0.1) is 6.42 Å². The van der Waals surface area contributed by atoms with Gasteiger partial charge in [-0.2, -0.15) is 0 Å².